The first-order chi connectivity index (χ1) is 8.59. The van der Waals surface area contributed by atoms with E-state index in [1.807, 2.05) is 4.90 Å². The van der Waals surface area contributed by atoms with E-state index in [4.69, 9.17) is 5.73 Å². The molecule has 2 fully saturated rings. The molecule has 2 saturated heterocycles. The quantitative estimate of drug-likeness (QED) is 0.818. The molecule has 0 aromatic carbocycles. The van der Waals surface area contributed by atoms with Crippen LogP contribution in [0.2, 0.25) is 0 Å². The van der Waals surface area contributed by atoms with Gasteiger partial charge in [0.2, 0.25) is 5.91 Å². The van der Waals surface area contributed by atoms with Crippen molar-refractivity contribution in [3.63, 3.8) is 0 Å². The van der Waals surface area contributed by atoms with Gasteiger partial charge in [0.1, 0.15) is 0 Å². The summed E-state index contributed by atoms with van der Waals surface area (Å²) in [7, 11) is 0. The van der Waals surface area contributed by atoms with Crippen LogP contribution in [0.15, 0.2) is 0 Å². The Kier molecular flexibility index (Phi) is 4.62. The van der Waals surface area contributed by atoms with Crippen LogP contribution in [0.4, 0.5) is 0 Å². The maximum Gasteiger partial charge on any atom is 0.240 e. The highest BCUT2D eigenvalue weighted by Gasteiger charge is 2.35. The lowest BCUT2D eigenvalue weighted by molar-refractivity contribution is -0.138. The van der Waals surface area contributed by atoms with Crippen molar-refractivity contribution in [2.24, 2.45) is 11.7 Å². The number of carbonyl (C=O) groups excluding carboxylic acids is 1. The largest absolute Gasteiger partial charge is 0.340 e. The van der Waals surface area contributed by atoms with Crippen LogP contribution in [0.25, 0.3) is 0 Å². The highest BCUT2D eigenvalue weighted by molar-refractivity contribution is 5.82. The average Bonchev–Trinajstić information content (AvgIpc) is 2.77. The summed E-state index contributed by atoms with van der Waals surface area (Å²) < 4.78 is 0. The Morgan fingerprint density at radius 2 is 1.83 bits per heavy atom. The molecule has 4 heteroatoms. The summed E-state index contributed by atoms with van der Waals surface area (Å²) >= 11 is 0. The molecular weight excluding hydrogens is 226 g/mol. The predicted octanol–water partition coefficient (Wildman–Crippen LogP) is 1.06. The summed E-state index contributed by atoms with van der Waals surface area (Å²) in [5.41, 5.74) is 5.91. The van der Waals surface area contributed by atoms with Crippen molar-refractivity contribution < 1.29 is 4.79 Å². The molecule has 18 heavy (non-hydrogen) atoms. The molecule has 2 heterocycles. The molecule has 2 aliphatic heterocycles. The van der Waals surface area contributed by atoms with E-state index >= 15 is 0 Å². The minimum atomic E-state index is 0.0654. The summed E-state index contributed by atoms with van der Waals surface area (Å²) in [4.78, 5) is 17.0. The van der Waals surface area contributed by atoms with Crippen molar-refractivity contribution in [1.29, 1.82) is 0 Å². The van der Waals surface area contributed by atoms with Crippen LogP contribution in [0.3, 0.4) is 0 Å². The minimum Gasteiger partial charge on any atom is -0.340 e. The van der Waals surface area contributed by atoms with Gasteiger partial charge >= 0.3 is 0 Å². The van der Waals surface area contributed by atoms with E-state index in [2.05, 4.69) is 18.7 Å². The topological polar surface area (TPSA) is 49.6 Å². The predicted molar refractivity (Wildman–Crippen MR) is 73.2 cm³/mol. The lowest BCUT2D eigenvalue weighted by atomic mass is 9.98. The maximum absolute atomic E-state index is 12.7. The van der Waals surface area contributed by atoms with Crippen LogP contribution in [-0.4, -0.2) is 54.0 Å². The molecule has 0 aromatic heterocycles. The SMILES string of the molecule is CC(C)C(C(=O)N1CC[C@@H](N)C1)N1CCCCC1. The van der Waals surface area contributed by atoms with Crippen molar-refractivity contribution in [3.8, 4) is 0 Å². The Balaban J connectivity index is 2.02. The van der Waals surface area contributed by atoms with Gasteiger partial charge in [-0.3, -0.25) is 9.69 Å². The zero-order chi connectivity index (χ0) is 13.1. The zero-order valence-corrected chi connectivity index (χ0v) is 11.8. The molecule has 2 aliphatic rings. The summed E-state index contributed by atoms with van der Waals surface area (Å²) in [5, 5.41) is 0. The van der Waals surface area contributed by atoms with E-state index in [9.17, 15) is 4.79 Å². The Hall–Kier alpha value is -0.610. The van der Waals surface area contributed by atoms with Crippen molar-refractivity contribution in [2.75, 3.05) is 26.2 Å². The fraction of sp³-hybridized carbons (Fsp3) is 0.929. The van der Waals surface area contributed by atoms with Gasteiger partial charge in [0.05, 0.1) is 6.04 Å². The maximum atomic E-state index is 12.7. The van der Waals surface area contributed by atoms with Gasteiger partial charge < -0.3 is 10.6 Å². The normalized spacial score (nSPS) is 27.8. The monoisotopic (exact) mass is 253 g/mol. The number of hydrogen-bond donors (Lipinski definition) is 1. The van der Waals surface area contributed by atoms with Gasteiger partial charge in [-0.2, -0.15) is 0 Å². The van der Waals surface area contributed by atoms with Gasteiger partial charge in [-0.05, 0) is 38.3 Å². The number of piperidine rings is 1. The van der Waals surface area contributed by atoms with Crippen molar-refractivity contribution in [3.05, 3.63) is 0 Å². The number of rotatable bonds is 3. The summed E-state index contributed by atoms with van der Waals surface area (Å²) in [5.74, 6) is 0.687. The van der Waals surface area contributed by atoms with Gasteiger partial charge in [0.15, 0.2) is 0 Å². The Labute approximate surface area is 110 Å². The third-order valence-corrected chi connectivity index (χ3v) is 4.20. The fourth-order valence-electron chi connectivity index (χ4n) is 3.23. The summed E-state index contributed by atoms with van der Waals surface area (Å²) in [6, 6.07) is 0.249. The third kappa shape index (κ3) is 3.04. The van der Waals surface area contributed by atoms with Crippen molar-refractivity contribution >= 4 is 5.91 Å². The van der Waals surface area contributed by atoms with E-state index in [-0.39, 0.29) is 12.1 Å². The number of amides is 1. The standard InChI is InChI=1S/C14H27N3O/c1-11(2)13(16-7-4-3-5-8-16)14(18)17-9-6-12(15)10-17/h11-13H,3-10,15H2,1-2H3/t12-,13?/m1/s1. The van der Waals surface area contributed by atoms with Crippen LogP contribution < -0.4 is 5.73 Å². The Morgan fingerprint density at radius 3 is 2.33 bits per heavy atom. The van der Waals surface area contributed by atoms with Crippen molar-refractivity contribution in [1.82, 2.24) is 9.80 Å². The molecule has 0 radical (unpaired) electrons. The Morgan fingerprint density at radius 1 is 1.17 bits per heavy atom. The van der Waals surface area contributed by atoms with Crippen LogP contribution in [0.5, 0.6) is 0 Å². The first kappa shape index (κ1) is 13.8. The van der Waals surface area contributed by atoms with E-state index in [0.29, 0.717) is 11.8 Å². The first-order valence-electron chi connectivity index (χ1n) is 7.38. The van der Waals surface area contributed by atoms with Gasteiger partial charge in [0, 0.05) is 19.1 Å². The molecule has 1 amide bonds. The van der Waals surface area contributed by atoms with E-state index in [0.717, 1.165) is 32.6 Å². The average molecular weight is 253 g/mol. The molecule has 0 saturated carbocycles. The highest BCUT2D eigenvalue weighted by Crippen LogP contribution is 2.21. The number of likely N-dealkylation sites (tertiary alicyclic amines) is 2. The highest BCUT2D eigenvalue weighted by atomic mass is 16.2. The lowest BCUT2D eigenvalue weighted by Crippen LogP contribution is -2.52. The van der Waals surface area contributed by atoms with Crippen LogP contribution in [-0.2, 0) is 4.79 Å². The number of nitrogens with zero attached hydrogens (tertiary/aromatic N) is 2. The number of carbonyl (C=O) groups is 1. The fourth-order valence-corrected chi connectivity index (χ4v) is 3.23. The van der Waals surface area contributed by atoms with E-state index in [1.54, 1.807) is 0 Å². The van der Waals surface area contributed by atoms with Gasteiger partial charge in [-0.1, -0.05) is 20.3 Å². The van der Waals surface area contributed by atoms with Gasteiger partial charge in [-0.25, -0.2) is 0 Å². The number of nitrogens with two attached hydrogens (primary N) is 1. The molecular formula is C14H27N3O. The zero-order valence-electron chi connectivity index (χ0n) is 11.8. The molecule has 2 atom stereocenters. The summed E-state index contributed by atoms with van der Waals surface area (Å²) in [6.45, 7) is 8.07. The molecule has 104 valence electrons. The van der Waals surface area contributed by atoms with Gasteiger partial charge in [0.25, 0.3) is 0 Å². The van der Waals surface area contributed by atoms with Crippen molar-refractivity contribution in [2.45, 2.75) is 51.6 Å². The van der Waals surface area contributed by atoms with Gasteiger partial charge in [-0.15, -0.1) is 0 Å². The van der Waals surface area contributed by atoms with E-state index in [1.165, 1.54) is 19.3 Å². The minimum absolute atomic E-state index is 0.0654. The lowest BCUT2D eigenvalue weighted by Gasteiger charge is -2.37. The second-order valence-electron chi connectivity index (χ2n) is 6.12. The first-order valence-corrected chi connectivity index (χ1v) is 7.38. The smallest absolute Gasteiger partial charge is 0.240 e. The second kappa shape index (κ2) is 6.02. The van der Waals surface area contributed by atoms with Crippen LogP contribution in [0.1, 0.15) is 39.5 Å². The molecule has 0 aliphatic carbocycles. The summed E-state index contributed by atoms with van der Waals surface area (Å²) in [6.07, 6.45) is 4.73. The third-order valence-electron chi connectivity index (χ3n) is 4.20. The molecule has 2 rings (SSSR count). The van der Waals surface area contributed by atoms with E-state index < -0.39 is 0 Å². The molecule has 2 N–H and O–H groups in total. The molecule has 0 bridgehead atoms. The Bertz CT molecular complexity index is 287. The molecule has 0 aromatic rings. The molecule has 1 unspecified atom stereocenters. The van der Waals surface area contributed by atoms with Crippen LogP contribution >= 0.6 is 0 Å². The molecule has 0 spiro atoms. The second-order valence-corrected chi connectivity index (χ2v) is 6.12. The van der Waals surface area contributed by atoms with Crippen LogP contribution in [0, 0.1) is 5.92 Å². The number of hydrogen-bond acceptors (Lipinski definition) is 3. The molecule has 4 nitrogen and oxygen atoms in total.